The van der Waals surface area contributed by atoms with Gasteiger partial charge < -0.3 is 4.43 Å². The van der Waals surface area contributed by atoms with Crippen LogP contribution in [0.1, 0.15) is 51.7 Å². The topological polar surface area (TPSA) is 26.3 Å². The van der Waals surface area contributed by atoms with Crippen molar-refractivity contribution in [2.24, 2.45) is 0 Å². The van der Waals surface area contributed by atoms with Crippen molar-refractivity contribution in [3.63, 3.8) is 0 Å². The SMILES string of the molecule is CC(=O)C(C)c1ccccc1/C=C/CO[Si](C)(C)C(C)(C)C. The summed E-state index contributed by atoms with van der Waals surface area (Å²) in [5.74, 6) is 0.125. The first-order chi connectivity index (χ1) is 10.1. The number of Topliss-reactive ketones (excluding diaryl/α,β-unsaturated/α-hetero) is 1. The molecular weight excluding hydrogens is 288 g/mol. The van der Waals surface area contributed by atoms with Crippen molar-refractivity contribution in [1.29, 1.82) is 0 Å². The van der Waals surface area contributed by atoms with Gasteiger partial charge in [-0.15, -0.1) is 0 Å². The highest BCUT2D eigenvalue weighted by atomic mass is 28.4. The molecule has 0 saturated carbocycles. The Morgan fingerprint density at radius 3 is 2.41 bits per heavy atom. The van der Waals surface area contributed by atoms with E-state index in [1.165, 1.54) is 0 Å². The summed E-state index contributed by atoms with van der Waals surface area (Å²) in [6.45, 7) is 15.5. The van der Waals surface area contributed by atoms with Crippen molar-refractivity contribution in [1.82, 2.24) is 0 Å². The molecule has 0 N–H and O–H groups in total. The largest absolute Gasteiger partial charge is 0.413 e. The molecule has 1 aromatic rings. The molecule has 0 aliphatic rings. The molecule has 122 valence electrons. The predicted octanol–water partition coefficient (Wildman–Crippen LogP) is 5.41. The third kappa shape index (κ3) is 4.92. The number of rotatable bonds is 6. The standard InChI is InChI=1S/C19H30O2Si/c1-15(16(2)20)18-13-9-8-11-17(18)12-10-14-21-22(6,7)19(3,4)5/h8-13,15H,14H2,1-7H3/b12-10+. The first-order valence-electron chi connectivity index (χ1n) is 7.96. The smallest absolute Gasteiger partial charge is 0.192 e. The Hall–Kier alpha value is -1.19. The maximum Gasteiger partial charge on any atom is 0.192 e. The molecule has 2 nitrogen and oxygen atoms in total. The van der Waals surface area contributed by atoms with Crippen molar-refractivity contribution in [3.05, 3.63) is 41.5 Å². The van der Waals surface area contributed by atoms with E-state index in [9.17, 15) is 4.79 Å². The van der Waals surface area contributed by atoms with E-state index in [4.69, 9.17) is 4.43 Å². The quantitative estimate of drug-likeness (QED) is 0.655. The average molecular weight is 319 g/mol. The maximum atomic E-state index is 11.6. The Kier molecular flexibility index (Phi) is 6.33. The lowest BCUT2D eigenvalue weighted by molar-refractivity contribution is -0.118. The van der Waals surface area contributed by atoms with Crippen LogP contribution in [-0.2, 0) is 9.22 Å². The maximum absolute atomic E-state index is 11.6. The van der Waals surface area contributed by atoms with Crippen LogP contribution in [0.25, 0.3) is 6.08 Å². The molecule has 1 atom stereocenters. The van der Waals surface area contributed by atoms with Crippen LogP contribution in [0.4, 0.5) is 0 Å². The fourth-order valence-corrected chi connectivity index (χ4v) is 2.87. The second kappa shape index (κ2) is 7.38. The minimum atomic E-state index is -1.70. The molecule has 0 radical (unpaired) electrons. The van der Waals surface area contributed by atoms with E-state index in [0.29, 0.717) is 6.61 Å². The molecule has 0 amide bonds. The van der Waals surface area contributed by atoms with E-state index < -0.39 is 8.32 Å². The van der Waals surface area contributed by atoms with Crippen LogP contribution in [0, 0.1) is 0 Å². The summed E-state index contributed by atoms with van der Waals surface area (Å²) < 4.78 is 6.15. The zero-order valence-electron chi connectivity index (χ0n) is 15.1. The van der Waals surface area contributed by atoms with Crippen molar-refractivity contribution in [2.45, 2.75) is 58.7 Å². The van der Waals surface area contributed by atoms with Crippen LogP contribution in [0.3, 0.4) is 0 Å². The van der Waals surface area contributed by atoms with Gasteiger partial charge in [0, 0.05) is 5.92 Å². The minimum absolute atomic E-state index is 0.0674. The summed E-state index contributed by atoms with van der Waals surface area (Å²) in [5, 5.41) is 0.224. The Bertz CT molecular complexity index is 539. The number of carbonyl (C=O) groups excluding carboxylic acids is 1. The van der Waals surface area contributed by atoms with Gasteiger partial charge in [0.25, 0.3) is 0 Å². The van der Waals surface area contributed by atoms with Crippen molar-refractivity contribution < 1.29 is 9.22 Å². The van der Waals surface area contributed by atoms with E-state index >= 15 is 0 Å². The van der Waals surface area contributed by atoms with Crippen molar-refractivity contribution in [3.8, 4) is 0 Å². The monoisotopic (exact) mass is 318 g/mol. The molecule has 0 aromatic heterocycles. The van der Waals surface area contributed by atoms with E-state index in [1.54, 1.807) is 6.92 Å². The molecule has 1 unspecified atom stereocenters. The highest BCUT2D eigenvalue weighted by molar-refractivity contribution is 6.74. The summed E-state index contributed by atoms with van der Waals surface area (Å²) >= 11 is 0. The molecule has 0 saturated heterocycles. The highest BCUT2D eigenvalue weighted by Gasteiger charge is 2.36. The molecule has 0 bridgehead atoms. The fourth-order valence-electron chi connectivity index (χ4n) is 1.92. The zero-order chi connectivity index (χ0) is 17.0. The highest BCUT2D eigenvalue weighted by Crippen LogP contribution is 2.36. The Labute approximate surface area is 136 Å². The van der Waals surface area contributed by atoms with Gasteiger partial charge in [0.1, 0.15) is 5.78 Å². The van der Waals surface area contributed by atoms with Gasteiger partial charge in [-0.2, -0.15) is 0 Å². The van der Waals surface area contributed by atoms with Crippen LogP contribution in [0.15, 0.2) is 30.3 Å². The number of hydrogen-bond donors (Lipinski definition) is 0. The molecule has 22 heavy (non-hydrogen) atoms. The summed E-state index contributed by atoms with van der Waals surface area (Å²) in [5.41, 5.74) is 2.18. The average Bonchev–Trinajstić information content (AvgIpc) is 2.42. The van der Waals surface area contributed by atoms with Crippen molar-refractivity contribution >= 4 is 20.2 Å². The third-order valence-electron chi connectivity index (χ3n) is 4.72. The number of carbonyl (C=O) groups is 1. The van der Waals surface area contributed by atoms with E-state index in [1.807, 2.05) is 25.1 Å². The molecule has 0 aliphatic carbocycles. The molecule has 0 aliphatic heterocycles. The third-order valence-corrected chi connectivity index (χ3v) is 9.22. The first kappa shape index (κ1) is 18.9. The zero-order valence-corrected chi connectivity index (χ0v) is 16.1. The van der Waals surface area contributed by atoms with Gasteiger partial charge in [0.2, 0.25) is 0 Å². The summed E-state index contributed by atoms with van der Waals surface area (Å²) in [6.07, 6.45) is 4.13. The van der Waals surface area contributed by atoms with Gasteiger partial charge in [-0.3, -0.25) is 4.79 Å². The Morgan fingerprint density at radius 2 is 1.86 bits per heavy atom. The van der Waals surface area contributed by atoms with Crippen LogP contribution in [-0.4, -0.2) is 20.7 Å². The normalized spacial score (nSPS) is 14.3. The lowest BCUT2D eigenvalue weighted by Gasteiger charge is -2.35. The minimum Gasteiger partial charge on any atom is -0.413 e. The fraction of sp³-hybridized carbons (Fsp3) is 0.526. The van der Waals surface area contributed by atoms with Gasteiger partial charge in [-0.05, 0) is 36.2 Å². The van der Waals surface area contributed by atoms with Crippen LogP contribution < -0.4 is 0 Å². The van der Waals surface area contributed by atoms with Gasteiger partial charge in [0.05, 0.1) is 6.61 Å². The summed E-state index contributed by atoms with van der Waals surface area (Å²) in [7, 11) is -1.70. The van der Waals surface area contributed by atoms with Gasteiger partial charge in [-0.25, -0.2) is 0 Å². The van der Waals surface area contributed by atoms with Crippen molar-refractivity contribution in [2.75, 3.05) is 6.61 Å². The molecule has 0 fully saturated rings. The van der Waals surface area contributed by atoms with Crippen LogP contribution in [0.5, 0.6) is 0 Å². The number of benzene rings is 1. The van der Waals surface area contributed by atoms with Crippen LogP contribution in [0.2, 0.25) is 18.1 Å². The predicted molar refractivity (Wildman–Crippen MR) is 97.7 cm³/mol. The lowest BCUT2D eigenvalue weighted by atomic mass is 9.93. The number of hydrogen-bond acceptors (Lipinski definition) is 2. The first-order valence-corrected chi connectivity index (χ1v) is 10.9. The second-order valence-electron chi connectivity index (χ2n) is 7.43. The molecule has 0 heterocycles. The molecule has 3 heteroatoms. The lowest BCUT2D eigenvalue weighted by Crippen LogP contribution is -2.40. The summed E-state index contributed by atoms with van der Waals surface area (Å²) in [6, 6.07) is 8.07. The molecule has 1 aromatic carbocycles. The Morgan fingerprint density at radius 1 is 1.27 bits per heavy atom. The Balaban J connectivity index is 2.78. The van der Waals surface area contributed by atoms with E-state index in [2.05, 4.69) is 52.1 Å². The van der Waals surface area contributed by atoms with Gasteiger partial charge >= 0.3 is 0 Å². The summed E-state index contributed by atoms with van der Waals surface area (Å²) in [4.78, 5) is 11.6. The van der Waals surface area contributed by atoms with E-state index in [-0.39, 0.29) is 16.7 Å². The number of ketones is 1. The molecule has 0 spiro atoms. The van der Waals surface area contributed by atoms with E-state index in [0.717, 1.165) is 11.1 Å². The van der Waals surface area contributed by atoms with Crippen LogP contribution >= 0.6 is 0 Å². The van der Waals surface area contributed by atoms with Gasteiger partial charge in [-0.1, -0.05) is 64.1 Å². The second-order valence-corrected chi connectivity index (χ2v) is 12.2. The van der Waals surface area contributed by atoms with Gasteiger partial charge in [0.15, 0.2) is 8.32 Å². The molecule has 1 rings (SSSR count). The molecular formula is C19H30O2Si.